The summed E-state index contributed by atoms with van der Waals surface area (Å²) < 4.78 is 2.12. The average molecular weight is 237 g/mol. The second-order valence-electron chi connectivity index (χ2n) is 4.30. The van der Waals surface area contributed by atoms with Gasteiger partial charge in [0, 0.05) is 19.2 Å². The Bertz CT molecular complexity index is 656. The van der Waals surface area contributed by atoms with E-state index in [1.807, 2.05) is 24.4 Å². The van der Waals surface area contributed by atoms with Crippen molar-refractivity contribution in [2.45, 2.75) is 13.0 Å². The molecule has 3 rings (SSSR count). The van der Waals surface area contributed by atoms with E-state index in [1.165, 1.54) is 5.56 Å². The van der Waals surface area contributed by atoms with Gasteiger partial charge in [-0.1, -0.05) is 36.4 Å². The van der Waals surface area contributed by atoms with Crippen molar-refractivity contribution in [3.05, 3.63) is 71.8 Å². The van der Waals surface area contributed by atoms with Crippen LogP contribution in [-0.4, -0.2) is 9.38 Å². The maximum Gasteiger partial charge on any atom is 0.118 e. The van der Waals surface area contributed by atoms with Crippen molar-refractivity contribution in [3.63, 3.8) is 0 Å². The zero-order valence-corrected chi connectivity index (χ0v) is 10.1. The molecule has 0 bridgehead atoms. The molecule has 3 heteroatoms. The Labute approximate surface area is 106 Å². The van der Waals surface area contributed by atoms with E-state index in [-0.39, 0.29) is 0 Å². The maximum atomic E-state index is 5.75. The van der Waals surface area contributed by atoms with Crippen molar-refractivity contribution < 1.29 is 0 Å². The minimum Gasteiger partial charge on any atom is -0.325 e. The van der Waals surface area contributed by atoms with Crippen LogP contribution in [0.2, 0.25) is 0 Å². The third kappa shape index (κ3) is 1.89. The predicted molar refractivity (Wildman–Crippen MR) is 72.3 cm³/mol. The first kappa shape index (κ1) is 11.0. The molecule has 1 aromatic carbocycles. The average Bonchev–Trinajstić information content (AvgIpc) is 2.78. The van der Waals surface area contributed by atoms with Crippen molar-refractivity contribution in [1.29, 1.82) is 0 Å². The summed E-state index contributed by atoms with van der Waals surface area (Å²) in [6.45, 7) is 0.475. The third-order valence-electron chi connectivity index (χ3n) is 3.10. The molecule has 0 aliphatic heterocycles. The molecular weight excluding hydrogens is 222 g/mol. The molecule has 0 aliphatic carbocycles. The van der Waals surface area contributed by atoms with Crippen LogP contribution >= 0.6 is 0 Å². The van der Waals surface area contributed by atoms with Crippen molar-refractivity contribution in [2.24, 2.45) is 5.73 Å². The zero-order valence-electron chi connectivity index (χ0n) is 10.1. The number of imidazole rings is 1. The van der Waals surface area contributed by atoms with Crippen molar-refractivity contribution in [2.75, 3.05) is 0 Å². The molecule has 0 fully saturated rings. The van der Waals surface area contributed by atoms with Crippen LogP contribution in [0.4, 0.5) is 0 Å². The molecule has 0 atom stereocenters. The highest BCUT2D eigenvalue weighted by Gasteiger charge is 2.09. The Balaban J connectivity index is 2.07. The lowest BCUT2D eigenvalue weighted by molar-refractivity contribution is 0.938. The summed E-state index contributed by atoms with van der Waals surface area (Å²) in [5.74, 6) is 1.04. The van der Waals surface area contributed by atoms with Gasteiger partial charge in [0.15, 0.2) is 0 Å². The molecular formula is C15H15N3. The molecule has 18 heavy (non-hydrogen) atoms. The number of fused-ring (bicyclic) bond motifs is 1. The van der Waals surface area contributed by atoms with E-state index in [0.717, 1.165) is 23.5 Å². The number of hydrogen-bond acceptors (Lipinski definition) is 2. The highest BCUT2D eigenvalue weighted by atomic mass is 15.0. The van der Waals surface area contributed by atoms with Gasteiger partial charge in [-0.2, -0.15) is 0 Å². The van der Waals surface area contributed by atoms with Crippen LogP contribution < -0.4 is 5.73 Å². The number of aromatic nitrogens is 2. The summed E-state index contributed by atoms with van der Waals surface area (Å²) in [4.78, 5) is 4.64. The summed E-state index contributed by atoms with van der Waals surface area (Å²) >= 11 is 0. The first-order valence-corrected chi connectivity index (χ1v) is 6.07. The lowest BCUT2D eigenvalue weighted by Gasteiger charge is -2.01. The zero-order chi connectivity index (χ0) is 12.4. The van der Waals surface area contributed by atoms with Gasteiger partial charge in [-0.3, -0.25) is 0 Å². The molecule has 2 aromatic heterocycles. The van der Waals surface area contributed by atoms with Gasteiger partial charge in [0.1, 0.15) is 5.82 Å². The van der Waals surface area contributed by atoms with Crippen LogP contribution in [0.25, 0.3) is 5.52 Å². The van der Waals surface area contributed by atoms with E-state index in [4.69, 9.17) is 5.73 Å². The molecule has 0 spiro atoms. The Kier molecular flexibility index (Phi) is 2.82. The standard InChI is InChI=1S/C15H15N3/c16-11-13-14-8-4-5-9-18(14)15(17-13)10-12-6-2-1-3-7-12/h1-9H,10-11,16H2. The fourth-order valence-corrected chi connectivity index (χ4v) is 2.22. The number of pyridine rings is 1. The fourth-order valence-electron chi connectivity index (χ4n) is 2.22. The van der Waals surface area contributed by atoms with Crippen molar-refractivity contribution in [3.8, 4) is 0 Å². The second kappa shape index (κ2) is 4.63. The minimum atomic E-state index is 0.475. The van der Waals surface area contributed by atoms with E-state index >= 15 is 0 Å². The molecule has 0 unspecified atom stereocenters. The van der Waals surface area contributed by atoms with Crippen LogP contribution in [0.3, 0.4) is 0 Å². The molecule has 2 heterocycles. The van der Waals surface area contributed by atoms with Crippen LogP contribution in [0.1, 0.15) is 17.1 Å². The van der Waals surface area contributed by atoms with Crippen LogP contribution in [-0.2, 0) is 13.0 Å². The number of nitrogens with two attached hydrogens (primary N) is 1. The Morgan fingerprint density at radius 1 is 1.00 bits per heavy atom. The van der Waals surface area contributed by atoms with Gasteiger partial charge in [0.2, 0.25) is 0 Å². The predicted octanol–water partition coefficient (Wildman–Crippen LogP) is 2.38. The molecule has 90 valence electrons. The Hall–Kier alpha value is -2.13. The van der Waals surface area contributed by atoms with Crippen LogP contribution in [0, 0.1) is 0 Å². The molecule has 0 saturated heterocycles. The van der Waals surface area contributed by atoms with Gasteiger partial charge < -0.3 is 10.1 Å². The van der Waals surface area contributed by atoms with E-state index in [2.05, 4.69) is 39.7 Å². The van der Waals surface area contributed by atoms with E-state index in [1.54, 1.807) is 0 Å². The van der Waals surface area contributed by atoms with Crippen molar-refractivity contribution >= 4 is 5.52 Å². The highest BCUT2D eigenvalue weighted by molar-refractivity contribution is 5.53. The van der Waals surface area contributed by atoms with E-state index in [0.29, 0.717) is 6.54 Å². The van der Waals surface area contributed by atoms with E-state index < -0.39 is 0 Å². The smallest absolute Gasteiger partial charge is 0.118 e. The van der Waals surface area contributed by atoms with Gasteiger partial charge in [-0.05, 0) is 17.7 Å². The second-order valence-corrected chi connectivity index (χ2v) is 4.30. The first-order chi connectivity index (χ1) is 8.88. The quantitative estimate of drug-likeness (QED) is 0.760. The van der Waals surface area contributed by atoms with Gasteiger partial charge in [0.05, 0.1) is 11.2 Å². The molecule has 0 radical (unpaired) electrons. The summed E-state index contributed by atoms with van der Waals surface area (Å²) in [6, 6.07) is 16.5. The van der Waals surface area contributed by atoms with Crippen molar-refractivity contribution in [1.82, 2.24) is 9.38 Å². The van der Waals surface area contributed by atoms with Gasteiger partial charge in [0.25, 0.3) is 0 Å². The third-order valence-corrected chi connectivity index (χ3v) is 3.10. The number of benzene rings is 1. The summed E-state index contributed by atoms with van der Waals surface area (Å²) in [7, 11) is 0. The number of hydrogen-bond donors (Lipinski definition) is 1. The summed E-state index contributed by atoms with van der Waals surface area (Å²) in [5, 5.41) is 0. The highest BCUT2D eigenvalue weighted by Crippen LogP contribution is 2.15. The minimum absolute atomic E-state index is 0.475. The maximum absolute atomic E-state index is 5.75. The molecule has 2 N–H and O–H groups in total. The Morgan fingerprint density at radius 3 is 2.56 bits per heavy atom. The van der Waals surface area contributed by atoms with Gasteiger partial charge in [-0.15, -0.1) is 0 Å². The van der Waals surface area contributed by atoms with Gasteiger partial charge in [-0.25, -0.2) is 4.98 Å². The van der Waals surface area contributed by atoms with Gasteiger partial charge >= 0.3 is 0 Å². The van der Waals surface area contributed by atoms with E-state index in [9.17, 15) is 0 Å². The lowest BCUT2D eigenvalue weighted by atomic mass is 10.1. The molecule has 3 aromatic rings. The topological polar surface area (TPSA) is 43.3 Å². The molecule has 3 nitrogen and oxygen atoms in total. The molecule has 0 aliphatic rings. The van der Waals surface area contributed by atoms with Crippen LogP contribution in [0.5, 0.6) is 0 Å². The normalized spacial score (nSPS) is 10.9. The first-order valence-electron chi connectivity index (χ1n) is 6.07. The largest absolute Gasteiger partial charge is 0.325 e. The summed E-state index contributed by atoms with van der Waals surface area (Å²) in [5.41, 5.74) is 9.07. The lowest BCUT2D eigenvalue weighted by Crippen LogP contribution is -1.97. The number of nitrogens with zero attached hydrogens (tertiary/aromatic N) is 2. The molecule has 0 saturated carbocycles. The fraction of sp³-hybridized carbons (Fsp3) is 0.133. The SMILES string of the molecule is NCc1nc(Cc2ccccc2)n2ccccc12. The Morgan fingerprint density at radius 2 is 1.78 bits per heavy atom. The summed E-state index contributed by atoms with van der Waals surface area (Å²) in [6.07, 6.45) is 2.87. The molecule has 0 amide bonds. The monoisotopic (exact) mass is 237 g/mol. The number of rotatable bonds is 3. The van der Waals surface area contributed by atoms with Crippen LogP contribution in [0.15, 0.2) is 54.7 Å².